The van der Waals surface area contributed by atoms with Crippen molar-refractivity contribution < 1.29 is 28.9 Å². The number of amides is 1. The number of H-pyrrole nitrogens is 1. The molecule has 2 aromatic carbocycles. The third-order valence-corrected chi connectivity index (χ3v) is 7.53. The molecule has 0 saturated carbocycles. The highest BCUT2D eigenvalue weighted by Crippen LogP contribution is 2.42. The van der Waals surface area contributed by atoms with Crippen molar-refractivity contribution in [3.05, 3.63) is 81.7 Å². The number of carbonyl (C=O) groups excluding carboxylic acids is 2. The number of ether oxygens (including phenoxy) is 3. The Labute approximate surface area is 217 Å². The Morgan fingerprint density at radius 3 is 2.54 bits per heavy atom. The molecule has 0 aliphatic carbocycles. The largest absolute Gasteiger partial charge is 0.507 e. The molecule has 1 saturated heterocycles. The number of carbonyl (C=O) groups is 2. The van der Waals surface area contributed by atoms with Crippen LogP contribution in [0, 0.1) is 0 Å². The summed E-state index contributed by atoms with van der Waals surface area (Å²) in [6.07, 6.45) is 2.42. The fraction of sp³-hybridized carbons (Fsp3) is 0.214. The maximum Gasteiger partial charge on any atom is 0.295 e. The van der Waals surface area contributed by atoms with Crippen LogP contribution in [-0.2, 0) is 16.0 Å². The van der Waals surface area contributed by atoms with Crippen molar-refractivity contribution in [2.45, 2.75) is 12.5 Å². The first kappa shape index (κ1) is 24.5. The number of fused-ring (bicyclic) bond motifs is 1. The van der Waals surface area contributed by atoms with Gasteiger partial charge in [0.1, 0.15) is 11.5 Å². The first-order chi connectivity index (χ1) is 18.0. The number of aromatic nitrogens is 1. The van der Waals surface area contributed by atoms with Gasteiger partial charge in [-0.25, -0.2) is 0 Å². The molecule has 0 radical (unpaired) electrons. The van der Waals surface area contributed by atoms with Crippen molar-refractivity contribution in [1.29, 1.82) is 0 Å². The average Bonchev–Trinajstić information content (AvgIpc) is 3.65. The molecular formula is C28H26N2O6S. The molecule has 5 rings (SSSR count). The first-order valence-corrected chi connectivity index (χ1v) is 12.5. The number of hydrogen-bond donors (Lipinski definition) is 2. The summed E-state index contributed by atoms with van der Waals surface area (Å²) in [5, 5.41) is 14.2. The standard InChI is InChI=1S/C28H26N2O6S/c1-34-18-7-8-20-19(14-18)17(15-29-20)10-11-30-25(23-5-4-12-37-23)24(27(32)28(30)33)26(31)16-6-9-21(35-2)22(13-16)36-3/h4-9,12-15,25,29,31H,10-11H2,1-3H3/b26-24-. The van der Waals surface area contributed by atoms with Gasteiger partial charge < -0.3 is 29.2 Å². The zero-order valence-electron chi connectivity index (χ0n) is 20.6. The summed E-state index contributed by atoms with van der Waals surface area (Å²) in [5.41, 5.74) is 2.38. The fourth-order valence-electron chi connectivity index (χ4n) is 4.72. The zero-order chi connectivity index (χ0) is 26.1. The first-order valence-electron chi connectivity index (χ1n) is 11.6. The number of ketones is 1. The van der Waals surface area contributed by atoms with Crippen molar-refractivity contribution in [2.75, 3.05) is 27.9 Å². The minimum atomic E-state index is -0.716. The summed E-state index contributed by atoms with van der Waals surface area (Å²) in [7, 11) is 4.63. The monoisotopic (exact) mass is 518 g/mol. The van der Waals surface area contributed by atoms with Crippen LogP contribution in [0.15, 0.2) is 65.7 Å². The quantitative estimate of drug-likeness (QED) is 0.195. The lowest BCUT2D eigenvalue weighted by Gasteiger charge is -2.24. The zero-order valence-corrected chi connectivity index (χ0v) is 21.4. The molecule has 190 valence electrons. The number of hydrogen-bond acceptors (Lipinski definition) is 7. The van der Waals surface area contributed by atoms with Gasteiger partial charge in [-0.3, -0.25) is 9.59 Å². The Hall–Kier alpha value is -4.24. The van der Waals surface area contributed by atoms with Crippen LogP contribution in [0.4, 0.5) is 0 Å². The van der Waals surface area contributed by atoms with Crippen molar-refractivity contribution in [3.63, 3.8) is 0 Å². The summed E-state index contributed by atoms with van der Waals surface area (Å²) >= 11 is 1.43. The number of rotatable bonds is 8. The number of aliphatic hydroxyl groups excluding tert-OH is 1. The number of benzene rings is 2. The molecule has 1 unspecified atom stereocenters. The predicted molar refractivity (Wildman–Crippen MR) is 141 cm³/mol. The maximum absolute atomic E-state index is 13.3. The van der Waals surface area contributed by atoms with E-state index in [1.807, 2.05) is 41.9 Å². The lowest BCUT2D eigenvalue weighted by Crippen LogP contribution is -2.31. The van der Waals surface area contributed by atoms with Crippen LogP contribution in [0.25, 0.3) is 16.7 Å². The summed E-state index contributed by atoms with van der Waals surface area (Å²) in [4.78, 5) is 32.1. The van der Waals surface area contributed by atoms with Crippen molar-refractivity contribution in [1.82, 2.24) is 9.88 Å². The van der Waals surface area contributed by atoms with Gasteiger partial charge in [-0.1, -0.05) is 6.07 Å². The molecule has 3 heterocycles. The van der Waals surface area contributed by atoms with Crippen LogP contribution in [0.2, 0.25) is 0 Å². The van der Waals surface area contributed by atoms with Crippen LogP contribution in [0.3, 0.4) is 0 Å². The molecule has 1 fully saturated rings. The number of Topliss-reactive ketones (excluding diaryl/α,β-unsaturated/α-hetero) is 1. The van der Waals surface area contributed by atoms with Crippen molar-refractivity contribution in [2.24, 2.45) is 0 Å². The third kappa shape index (κ3) is 4.31. The molecule has 9 heteroatoms. The fourth-order valence-corrected chi connectivity index (χ4v) is 5.57. The van der Waals surface area contributed by atoms with E-state index in [0.29, 0.717) is 30.0 Å². The normalized spacial score (nSPS) is 16.9. The van der Waals surface area contributed by atoms with Gasteiger partial charge >= 0.3 is 0 Å². The van der Waals surface area contributed by atoms with E-state index < -0.39 is 17.7 Å². The molecule has 1 aliphatic heterocycles. The Balaban J connectivity index is 1.53. The summed E-state index contributed by atoms with van der Waals surface area (Å²) in [6, 6.07) is 13.7. The van der Waals surface area contributed by atoms with E-state index in [2.05, 4.69) is 4.98 Å². The van der Waals surface area contributed by atoms with Gasteiger partial charge in [0.2, 0.25) is 0 Å². The van der Waals surface area contributed by atoms with Crippen molar-refractivity contribution in [3.8, 4) is 17.2 Å². The van der Waals surface area contributed by atoms with E-state index in [9.17, 15) is 14.7 Å². The number of aliphatic hydroxyl groups is 1. The van der Waals surface area contributed by atoms with Crippen LogP contribution < -0.4 is 14.2 Å². The lowest BCUT2D eigenvalue weighted by atomic mass is 9.99. The summed E-state index contributed by atoms with van der Waals surface area (Å²) in [5.74, 6) is 0.0244. The minimum absolute atomic E-state index is 0.0558. The average molecular weight is 519 g/mol. The van der Waals surface area contributed by atoms with Crippen LogP contribution >= 0.6 is 11.3 Å². The smallest absolute Gasteiger partial charge is 0.295 e. The van der Waals surface area contributed by atoms with Gasteiger partial charge in [0.05, 0.1) is 32.9 Å². The molecule has 0 spiro atoms. The Kier molecular flexibility index (Phi) is 6.62. The van der Waals surface area contributed by atoms with E-state index in [1.165, 1.54) is 25.6 Å². The van der Waals surface area contributed by atoms with E-state index in [0.717, 1.165) is 27.1 Å². The Bertz CT molecular complexity index is 1500. The Morgan fingerprint density at radius 1 is 1.03 bits per heavy atom. The van der Waals surface area contributed by atoms with Crippen molar-refractivity contribution >= 4 is 39.7 Å². The highest BCUT2D eigenvalue weighted by molar-refractivity contribution is 7.10. The topological polar surface area (TPSA) is 101 Å². The molecular weight excluding hydrogens is 492 g/mol. The molecule has 2 aromatic heterocycles. The van der Waals surface area contributed by atoms with E-state index >= 15 is 0 Å². The molecule has 1 aliphatic rings. The summed E-state index contributed by atoms with van der Waals surface area (Å²) < 4.78 is 16.0. The Morgan fingerprint density at radius 2 is 1.84 bits per heavy atom. The van der Waals surface area contributed by atoms with Gasteiger partial charge in [0, 0.05) is 34.1 Å². The van der Waals surface area contributed by atoms with Crippen LogP contribution in [0.1, 0.15) is 22.0 Å². The summed E-state index contributed by atoms with van der Waals surface area (Å²) in [6.45, 7) is 0.292. The number of methoxy groups -OCH3 is 3. The molecule has 2 N–H and O–H groups in total. The second-order valence-electron chi connectivity index (χ2n) is 8.55. The SMILES string of the molecule is COc1ccc2[nH]cc(CCN3C(=O)C(=O)/C(=C(\O)c4ccc(OC)c(OC)c4)C3c3cccs3)c2c1. The molecule has 8 nitrogen and oxygen atoms in total. The number of thiophene rings is 1. The van der Waals surface area contributed by atoms with Crippen LogP contribution in [0.5, 0.6) is 17.2 Å². The highest BCUT2D eigenvalue weighted by atomic mass is 32.1. The second kappa shape index (κ2) is 10.0. The molecule has 4 aromatic rings. The molecule has 37 heavy (non-hydrogen) atoms. The van der Waals surface area contributed by atoms with Crippen LogP contribution in [-0.4, -0.2) is 54.6 Å². The van der Waals surface area contributed by atoms with Gasteiger partial charge in [-0.2, -0.15) is 0 Å². The minimum Gasteiger partial charge on any atom is -0.507 e. The number of nitrogens with one attached hydrogen (secondary N) is 1. The van der Waals surface area contributed by atoms with E-state index in [1.54, 1.807) is 30.2 Å². The van der Waals surface area contributed by atoms with Gasteiger partial charge in [-0.05, 0) is 59.8 Å². The third-order valence-electron chi connectivity index (χ3n) is 6.61. The van der Waals surface area contributed by atoms with Gasteiger partial charge in [0.25, 0.3) is 11.7 Å². The maximum atomic E-state index is 13.3. The van der Waals surface area contributed by atoms with E-state index in [-0.39, 0.29) is 11.3 Å². The number of likely N-dealkylation sites (tertiary alicyclic amines) is 1. The number of nitrogens with zero attached hydrogens (tertiary/aromatic N) is 1. The number of aromatic amines is 1. The molecule has 1 amide bonds. The second-order valence-corrected chi connectivity index (χ2v) is 9.53. The van der Waals surface area contributed by atoms with Gasteiger partial charge in [-0.15, -0.1) is 11.3 Å². The highest BCUT2D eigenvalue weighted by Gasteiger charge is 2.46. The lowest BCUT2D eigenvalue weighted by molar-refractivity contribution is -0.139. The molecule has 0 bridgehead atoms. The molecule has 1 atom stereocenters. The predicted octanol–water partition coefficient (Wildman–Crippen LogP) is 4.92. The van der Waals surface area contributed by atoms with Gasteiger partial charge in [0.15, 0.2) is 11.5 Å². The van der Waals surface area contributed by atoms with E-state index in [4.69, 9.17) is 14.2 Å².